The van der Waals surface area contributed by atoms with E-state index in [1.54, 1.807) is 0 Å². The number of hydrogen-bond donors (Lipinski definition) is 0. The lowest BCUT2D eigenvalue weighted by Gasteiger charge is -2.26. The van der Waals surface area contributed by atoms with Gasteiger partial charge in [0.2, 0.25) is 0 Å². The van der Waals surface area contributed by atoms with E-state index in [9.17, 15) is 19.2 Å². The van der Waals surface area contributed by atoms with E-state index in [1.807, 2.05) is 0 Å². The third-order valence-corrected chi connectivity index (χ3v) is 3.86. The van der Waals surface area contributed by atoms with Gasteiger partial charge in [-0.1, -0.05) is 0 Å². The molecule has 0 atom stereocenters. The lowest BCUT2D eigenvalue weighted by Crippen LogP contribution is -2.37. The van der Waals surface area contributed by atoms with Crippen molar-refractivity contribution in [3.8, 4) is 0 Å². The number of benzene rings is 2. The van der Waals surface area contributed by atoms with Crippen LogP contribution in [0.3, 0.4) is 0 Å². The van der Waals surface area contributed by atoms with E-state index in [0.717, 1.165) is 4.90 Å². The Morgan fingerprint density at radius 2 is 1.10 bits per heavy atom. The Balaban J connectivity index is 2.26. The van der Waals surface area contributed by atoms with Crippen LogP contribution in [0.5, 0.6) is 0 Å². The summed E-state index contributed by atoms with van der Waals surface area (Å²) in [5.41, 5.74) is 0.983. The molecule has 6 nitrogen and oxygen atoms in total. The monoisotopic (exact) mass is 281 g/mol. The Bertz CT molecular complexity index is 843. The summed E-state index contributed by atoms with van der Waals surface area (Å²) in [6, 6.07) is 5.85. The molecule has 21 heavy (non-hydrogen) atoms. The Morgan fingerprint density at radius 1 is 0.714 bits per heavy atom. The van der Waals surface area contributed by atoms with Gasteiger partial charge in [0.25, 0.3) is 11.8 Å². The molecule has 0 spiro atoms. The molecule has 2 aliphatic rings. The maximum atomic E-state index is 12.2. The zero-order valence-electron chi connectivity index (χ0n) is 10.8. The second-order valence-electron chi connectivity index (χ2n) is 4.92. The summed E-state index contributed by atoms with van der Waals surface area (Å²) in [5, 5.41) is 0.671. The maximum absolute atomic E-state index is 12.2. The number of hydrogen-bond acceptors (Lipinski definition) is 5. The lowest BCUT2D eigenvalue weighted by molar-refractivity contribution is 0.0389. The lowest BCUT2D eigenvalue weighted by atomic mass is 9.88. The van der Waals surface area contributed by atoms with Crippen molar-refractivity contribution in [1.82, 2.24) is 4.90 Å². The number of ether oxygens (including phenoxy) is 1. The number of cyclic esters (lactones) is 2. The summed E-state index contributed by atoms with van der Waals surface area (Å²) in [5.74, 6) is -2.45. The molecule has 0 bridgehead atoms. The molecule has 0 unspecified atom stereocenters. The fourth-order valence-corrected chi connectivity index (χ4v) is 2.84. The largest absolute Gasteiger partial charge is 0.386 e. The van der Waals surface area contributed by atoms with Crippen molar-refractivity contribution in [2.75, 3.05) is 7.05 Å². The molecule has 4 rings (SSSR count). The molecule has 0 radical (unpaired) electrons. The molecule has 6 heteroatoms. The fraction of sp³-hybridized carbons (Fsp3) is 0.0667. The highest BCUT2D eigenvalue weighted by atomic mass is 16.6. The first kappa shape index (κ1) is 11.8. The third-order valence-electron chi connectivity index (χ3n) is 3.86. The van der Waals surface area contributed by atoms with Crippen LogP contribution in [0.2, 0.25) is 0 Å². The van der Waals surface area contributed by atoms with Crippen LogP contribution >= 0.6 is 0 Å². The van der Waals surface area contributed by atoms with Crippen LogP contribution in [0.1, 0.15) is 41.4 Å². The maximum Gasteiger partial charge on any atom is 0.346 e. The minimum Gasteiger partial charge on any atom is -0.386 e. The second kappa shape index (κ2) is 3.54. The van der Waals surface area contributed by atoms with Crippen molar-refractivity contribution in [2.24, 2.45) is 0 Å². The third kappa shape index (κ3) is 1.26. The highest BCUT2D eigenvalue weighted by Gasteiger charge is 2.36. The second-order valence-corrected chi connectivity index (χ2v) is 4.92. The zero-order valence-corrected chi connectivity index (χ0v) is 10.8. The summed E-state index contributed by atoms with van der Waals surface area (Å²) < 4.78 is 4.65. The number of esters is 2. The first-order chi connectivity index (χ1) is 10.0. The first-order valence-corrected chi connectivity index (χ1v) is 6.19. The van der Waals surface area contributed by atoms with Crippen molar-refractivity contribution in [2.45, 2.75) is 0 Å². The Labute approximate surface area is 117 Å². The predicted octanol–water partition coefficient (Wildman–Crippen LogP) is 1.38. The highest BCUT2D eigenvalue weighted by Crippen LogP contribution is 2.36. The van der Waals surface area contributed by atoms with Crippen LogP contribution in [-0.4, -0.2) is 35.7 Å². The summed E-state index contributed by atoms with van der Waals surface area (Å²) in [6.45, 7) is 0. The van der Waals surface area contributed by atoms with Gasteiger partial charge in [-0.2, -0.15) is 0 Å². The van der Waals surface area contributed by atoms with Gasteiger partial charge in [-0.3, -0.25) is 14.5 Å². The van der Waals surface area contributed by atoms with Crippen LogP contribution in [-0.2, 0) is 4.74 Å². The van der Waals surface area contributed by atoms with E-state index in [4.69, 9.17) is 0 Å². The molecule has 0 fully saturated rings. The number of nitrogens with zero attached hydrogens (tertiary/aromatic N) is 1. The molecule has 0 aliphatic carbocycles. The molecule has 102 valence electrons. The molecular weight excluding hydrogens is 274 g/mol. The van der Waals surface area contributed by atoms with E-state index in [0.29, 0.717) is 21.9 Å². The van der Waals surface area contributed by atoms with Gasteiger partial charge < -0.3 is 4.74 Å². The minimum absolute atomic E-state index is 0.190. The van der Waals surface area contributed by atoms with Gasteiger partial charge in [0.05, 0.1) is 11.1 Å². The molecule has 2 amide bonds. The molecule has 2 aromatic carbocycles. The van der Waals surface area contributed by atoms with Crippen LogP contribution in [0, 0.1) is 0 Å². The van der Waals surface area contributed by atoms with Crippen molar-refractivity contribution in [1.29, 1.82) is 0 Å². The molecule has 0 saturated carbocycles. The summed E-state index contributed by atoms with van der Waals surface area (Å²) in [7, 11) is 1.40. The standard InChI is InChI=1S/C15H7NO5/c1-16-12(17)6-2-4-8-11-9(15(20)21-14(8)19)5-3-7(10(6)11)13(16)18/h2-5H,1H3. The number of carbonyl (C=O) groups is 4. The zero-order chi connectivity index (χ0) is 14.9. The topological polar surface area (TPSA) is 80.8 Å². The van der Waals surface area contributed by atoms with Crippen molar-refractivity contribution >= 4 is 34.5 Å². The van der Waals surface area contributed by atoms with Gasteiger partial charge in [0.15, 0.2) is 0 Å². The molecule has 0 N–H and O–H groups in total. The quantitative estimate of drug-likeness (QED) is 0.414. The van der Waals surface area contributed by atoms with Gasteiger partial charge in [0.1, 0.15) is 0 Å². The molecular formula is C15H7NO5. The molecule has 2 aliphatic heterocycles. The van der Waals surface area contributed by atoms with E-state index in [2.05, 4.69) is 4.74 Å². The van der Waals surface area contributed by atoms with Crippen molar-refractivity contribution in [3.63, 3.8) is 0 Å². The number of rotatable bonds is 0. The summed E-state index contributed by atoms with van der Waals surface area (Å²) >= 11 is 0. The fourth-order valence-electron chi connectivity index (χ4n) is 2.84. The molecule has 0 saturated heterocycles. The van der Waals surface area contributed by atoms with E-state index in [1.165, 1.54) is 31.3 Å². The normalized spacial score (nSPS) is 16.5. The average Bonchev–Trinajstić information content (AvgIpc) is 2.48. The van der Waals surface area contributed by atoms with E-state index in [-0.39, 0.29) is 11.1 Å². The SMILES string of the molecule is CN1C(=O)c2ccc3c4c(ccc(c24)C1=O)C(=O)OC3=O. The molecule has 2 heterocycles. The highest BCUT2D eigenvalue weighted by molar-refractivity contribution is 6.31. The molecule has 0 aromatic heterocycles. The Kier molecular flexibility index (Phi) is 1.99. The minimum atomic E-state index is -0.768. The smallest absolute Gasteiger partial charge is 0.346 e. The van der Waals surface area contributed by atoms with E-state index < -0.39 is 23.8 Å². The number of imide groups is 1. The van der Waals surface area contributed by atoms with E-state index >= 15 is 0 Å². The van der Waals surface area contributed by atoms with Crippen LogP contribution < -0.4 is 0 Å². The van der Waals surface area contributed by atoms with Gasteiger partial charge in [-0.25, -0.2) is 9.59 Å². The summed E-state index contributed by atoms with van der Waals surface area (Å²) in [4.78, 5) is 49.1. The van der Waals surface area contributed by atoms with Crippen LogP contribution in [0.4, 0.5) is 0 Å². The van der Waals surface area contributed by atoms with Gasteiger partial charge in [-0.05, 0) is 24.3 Å². The van der Waals surface area contributed by atoms with Gasteiger partial charge >= 0.3 is 11.9 Å². The average molecular weight is 281 g/mol. The Hall–Kier alpha value is -3.02. The summed E-state index contributed by atoms with van der Waals surface area (Å²) in [6.07, 6.45) is 0. The number of amides is 2. The van der Waals surface area contributed by atoms with Crippen LogP contribution in [0.25, 0.3) is 10.8 Å². The van der Waals surface area contributed by atoms with Crippen LogP contribution in [0.15, 0.2) is 24.3 Å². The molecule has 2 aromatic rings. The predicted molar refractivity (Wildman–Crippen MR) is 70.1 cm³/mol. The van der Waals surface area contributed by atoms with Gasteiger partial charge in [0, 0.05) is 28.9 Å². The van der Waals surface area contributed by atoms with Gasteiger partial charge in [-0.15, -0.1) is 0 Å². The first-order valence-electron chi connectivity index (χ1n) is 6.19. The number of carbonyl (C=O) groups excluding carboxylic acids is 4. The Morgan fingerprint density at radius 3 is 1.57 bits per heavy atom. The van der Waals surface area contributed by atoms with Crippen molar-refractivity contribution < 1.29 is 23.9 Å². The van der Waals surface area contributed by atoms with Crippen molar-refractivity contribution in [3.05, 3.63) is 46.5 Å².